The maximum absolute atomic E-state index is 11.1. The second kappa shape index (κ2) is 2.48. The van der Waals surface area contributed by atoms with Crippen LogP contribution in [0.3, 0.4) is 0 Å². The van der Waals surface area contributed by atoms with Crippen molar-refractivity contribution < 1.29 is 14.3 Å². The van der Waals surface area contributed by atoms with Gasteiger partial charge in [0.25, 0.3) is 5.88 Å². The first-order valence-corrected chi connectivity index (χ1v) is 3.52. The van der Waals surface area contributed by atoms with Gasteiger partial charge in [-0.3, -0.25) is 4.79 Å². The fourth-order valence-corrected chi connectivity index (χ4v) is 1.15. The standard InChI is InChI=1S/C8H7NO3/c1-11-8-7-5(2-3-9-8)6(10)4-12-7/h2-3H,4H2,1H3. The van der Waals surface area contributed by atoms with E-state index in [0.29, 0.717) is 17.2 Å². The third-order valence-electron chi connectivity index (χ3n) is 1.71. The number of methoxy groups -OCH3 is 1. The van der Waals surface area contributed by atoms with Gasteiger partial charge < -0.3 is 9.47 Å². The van der Waals surface area contributed by atoms with Crippen LogP contribution in [0.15, 0.2) is 12.3 Å². The summed E-state index contributed by atoms with van der Waals surface area (Å²) in [7, 11) is 1.49. The van der Waals surface area contributed by atoms with Gasteiger partial charge in [-0.25, -0.2) is 4.98 Å². The molecule has 0 unspecified atom stereocenters. The monoisotopic (exact) mass is 165 g/mol. The lowest BCUT2D eigenvalue weighted by Gasteiger charge is -2.02. The van der Waals surface area contributed by atoms with E-state index in [2.05, 4.69) is 4.98 Å². The summed E-state index contributed by atoms with van der Waals surface area (Å²) < 4.78 is 10.0. The Hall–Kier alpha value is -1.58. The number of hydrogen-bond donors (Lipinski definition) is 0. The third kappa shape index (κ3) is 0.845. The van der Waals surface area contributed by atoms with Crippen molar-refractivity contribution in [1.82, 2.24) is 4.98 Å². The van der Waals surface area contributed by atoms with Crippen molar-refractivity contribution in [3.05, 3.63) is 17.8 Å². The normalized spacial score (nSPS) is 13.9. The second-order valence-corrected chi connectivity index (χ2v) is 2.41. The molecule has 0 atom stereocenters. The van der Waals surface area contributed by atoms with Gasteiger partial charge in [0.2, 0.25) is 5.78 Å². The molecule has 0 bridgehead atoms. The highest BCUT2D eigenvalue weighted by atomic mass is 16.5. The van der Waals surface area contributed by atoms with E-state index in [9.17, 15) is 4.79 Å². The van der Waals surface area contributed by atoms with Gasteiger partial charge in [0.05, 0.1) is 12.7 Å². The number of Topliss-reactive ketones (excluding diaryl/α,β-unsaturated/α-hetero) is 1. The number of nitrogens with zero attached hydrogens (tertiary/aromatic N) is 1. The van der Waals surface area contributed by atoms with E-state index in [1.165, 1.54) is 13.3 Å². The lowest BCUT2D eigenvalue weighted by molar-refractivity contribution is 0.0960. The van der Waals surface area contributed by atoms with Gasteiger partial charge in [0, 0.05) is 6.20 Å². The van der Waals surface area contributed by atoms with Gasteiger partial charge in [-0.1, -0.05) is 0 Å². The molecule has 1 aromatic heterocycles. The first-order chi connectivity index (χ1) is 5.83. The SMILES string of the molecule is COc1nccc2c1OCC2=O. The average molecular weight is 165 g/mol. The number of carbonyl (C=O) groups is 1. The molecule has 62 valence electrons. The minimum absolute atomic E-state index is 0.0225. The Morgan fingerprint density at radius 1 is 1.67 bits per heavy atom. The molecule has 0 saturated carbocycles. The molecular formula is C8H7NO3. The molecule has 0 aromatic carbocycles. The maximum atomic E-state index is 11.1. The van der Waals surface area contributed by atoms with Crippen LogP contribution in [-0.4, -0.2) is 24.5 Å². The van der Waals surface area contributed by atoms with Crippen LogP contribution in [-0.2, 0) is 0 Å². The van der Waals surface area contributed by atoms with E-state index in [4.69, 9.17) is 9.47 Å². The minimum atomic E-state index is -0.0225. The van der Waals surface area contributed by atoms with Gasteiger partial charge in [0.1, 0.15) is 0 Å². The number of ketones is 1. The lowest BCUT2D eigenvalue weighted by Crippen LogP contribution is -1.98. The summed E-state index contributed by atoms with van der Waals surface area (Å²) >= 11 is 0. The number of carbonyl (C=O) groups excluding carboxylic acids is 1. The molecule has 1 aliphatic rings. The number of rotatable bonds is 1. The van der Waals surface area contributed by atoms with Gasteiger partial charge in [-0.05, 0) is 6.07 Å². The van der Waals surface area contributed by atoms with E-state index in [-0.39, 0.29) is 12.4 Å². The zero-order chi connectivity index (χ0) is 8.55. The Bertz CT molecular complexity index is 335. The molecule has 0 aliphatic carbocycles. The second-order valence-electron chi connectivity index (χ2n) is 2.41. The van der Waals surface area contributed by atoms with Crippen molar-refractivity contribution in [3.63, 3.8) is 0 Å². The quantitative estimate of drug-likeness (QED) is 0.613. The molecule has 2 rings (SSSR count). The fraction of sp³-hybridized carbons (Fsp3) is 0.250. The molecule has 12 heavy (non-hydrogen) atoms. The van der Waals surface area contributed by atoms with Crippen LogP contribution in [0.4, 0.5) is 0 Å². The van der Waals surface area contributed by atoms with E-state index >= 15 is 0 Å². The summed E-state index contributed by atoms with van der Waals surface area (Å²) in [6.45, 7) is 0.0946. The first kappa shape index (κ1) is 7.09. The summed E-state index contributed by atoms with van der Waals surface area (Å²) in [4.78, 5) is 15.0. The Morgan fingerprint density at radius 2 is 2.50 bits per heavy atom. The molecule has 4 nitrogen and oxygen atoms in total. The number of aromatic nitrogens is 1. The number of hydrogen-bond acceptors (Lipinski definition) is 4. The maximum Gasteiger partial charge on any atom is 0.257 e. The van der Waals surface area contributed by atoms with Crippen molar-refractivity contribution in [1.29, 1.82) is 0 Å². The third-order valence-corrected chi connectivity index (χ3v) is 1.71. The predicted molar refractivity (Wildman–Crippen MR) is 40.6 cm³/mol. The topological polar surface area (TPSA) is 48.4 Å². The van der Waals surface area contributed by atoms with Crippen LogP contribution < -0.4 is 9.47 Å². The molecule has 4 heteroatoms. The van der Waals surface area contributed by atoms with Crippen LogP contribution in [0.5, 0.6) is 11.6 Å². The van der Waals surface area contributed by atoms with Crippen molar-refractivity contribution in [3.8, 4) is 11.6 Å². The Balaban J connectivity index is 2.58. The summed E-state index contributed by atoms with van der Waals surface area (Å²) in [6.07, 6.45) is 1.53. The van der Waals surface area contributed by atoms with Gasteiger partial charge in [-0.15, -0.1) is 0 Å². The van der Waals surface area contributed by atoms with Crippen molar-refractivity contribution in [2.75, 3.05) is 13.7 Å². The molecule has 0 spiro atoms. The van der Waals surface area contributed by atoms with Crippen LogP contribution in [0, 0.1) is 0 Å². The Labute approximate surface area is 69.1 Å². The average Bonchev–Trinajstić information content (AvgIpc) is 2.48. The molecular weight excluding hydrogens is 158 g/mol. The van der Waals surface area contributed by atoms with Crippen LogP contribution in [0.25, 0.3) is 0 Å². The van der Waals surface area contributed by atoms with E-state index in [0.717, 1.165) is 0 Å². The van der Waals surface area contributed by atoms with E-state index in [1.807, 2.05) is 0 Å². The van der Waals surface area contributed by atoms with Gasteiger partial charge in [-0.2, -0.15) is 0 Å². The summed E-state index contributed by atoms with van der Waals surface area (Å²) in [5, 5.41) is 0. The minimum Gasteiger partial charge on any atom is -0.479 e. The molecule has 2 heterocycles. The van der Waals surface area contributed by atoms with Crippen LogP contribution in [0.1, 0.15) is 10.4 Å². The van der Waals surface area contributed by atoms with Crippen molar-refractivity contribution in [2.45, 2.75) is 0 Å². The molecule has 0 amide bonds. The summed E-state index contributed by atoms with van der Waals surface area (Å²) in [5.41, 5.74) is 0.557. The Morgan fingerprint density at radius 3 is 3.25 bits per heavy atom. The lowest BCUT2D eigenvalue weighted by atomic mass is 10.2. The summed E-state index contributed by atoms with van der Waals surface area (Å²) in [5.74, 6) is 0.814. The predicted octanol–water partition coefficient (Wildman–Crippen LogP) is 0.665. The van der Waals surface area contributed by atoms with Gasteiger partial charge in [0.15, 0.2) is 12.4 Å². The van der Waals surface area contributed by atoms with Crippen molar-refractivity contribution in [2.24, 2.45) is 0 Å². The molecule has 1 aliphatic heterocycles. The first-order valence-electron chi connectivity index (χ1n) is 3.52. The van der Waals surface area contributed by atoms with Crippen LogP contribution >= 0.6 is 0 Å². The fourth-order valence-electron chi connectivity index (χ4n) is 1.15. The summed E-state index contributed by atoms with van der Waals surface area (Å²) in [6, 6.07) is 1.63. The van der Waals surface area contributed by atoms with E-state index < -0.39 is 0 Å². The molecule has 0 radical (unpaired) electrons. The van der Waals surface area contributed by atoms with Crippen LogP contribution in [0.2, 0.25) is 0 Å². The molecule has 0 saturated heterocycles. The molecule has 0 fully saturated rings. The number of fused-ring (bicyclic) bond motifs is 1. The molecule has 1 aromatic rings. The number of ether oxygens (including phenoxy) is 2. The highest BCUT2D eigenvalue weighted by Crippen LogP contribution is 2.32. The largest absolute Gasteiger partial charge is 0.479 e. The number of pyridine rings is 1. The molecule has 0 N–H and O–H groups in total. The zero-order valence-corrected chi connectivity index (χ0v) is 6.53. The van der Waals surface area contributed by atoms with Crippen molar-refractivity contribution >= 4 is 5.78 Å². The highest BCUT2D eigenvalue weighted by Gasteiger charge is 2.24. The highest BCUT2D eigenvalue weighted by molar-refractivity contribution is 6.02. The zero-order valence-electron chi connectivity index (χ0n) is 6.53. The Kier molecular flexibility index (Phi) is 1.46. The smallest absolute Gasteiger partial charge is 0.257 e. The van der Waals surface area contributed by atoms with Gasteiger partial charge >= 0.3 is 0 Å². The van der Waals surface area contributed by atoms with E-state index in [1.54, 1.807) is 6.07 Å².